The van der Waals surface area contributed by atoms with Crippen molar-refractivity contribution in [3.63, 3.8) is 0 Å². The van der Waals surface area contributed by atoms with Crippen molar-refractivity contribution in [3.8, 4) is 0 Å². The molecule has 118 valence electrons. The van der Waals surface area contributed by atoms with Crippen LogP contribution < -0.4 is 0 Å². The smallest absolute Gasteiger partial charge is 0.338 e. The number of carbonyl (C=O) groups is 3. The molecular formula is C17H20O5. The fourth-order valence-electron chi connectivity index (χ4n) is 2.15. The van der Waals surface area contributed by atoms with Gasteiger partial charge in [0.25, 0.3) is 0 Å². The number of cyclic esters (lactones) is 1. The van der Waals surface area contributed by atoms with Gasteiger partial charge in [-0.05, 0) is 12.1 Å². The van der Waals surface area contributed by atoms with E-state index < -0.39 is 29.6 Å². The Labute approximate surface area is 129 Å². The molecule has 0 aliphatic carbocycles. The predicted octanol–water partition coefficient (Wildman–Crippen LogP) is 2.53. The van der Waals surface area contributed by atoms with Crippen molar-refractivity contribution in [2.45, 2.75) is 45.8 Å². The zero-order chi connectivity index (χ0) is 16.3. The zero-order valence-corrected chi connectivity index (χ0v) is 13.0. The fourth-order valence-corrected chi connectivity index (χ4v) is 2.15. The Bertz CT molecular complexity index is 570. The third kappa shape index (κ3) is 3.93. The molecule has 2 rings (SSSR count). The predicted molar refractivity (Wildman–Crippen MR) is 79.2 cm³/mol. The summed E-state index contributed by atoms with van der Waals surface area (Å²) < 4.78 is 10.5. The summed E-state index contributed by atoms with van der Waals surface area (Å²) in [6.45, 7) is 5.41. The second-order valence-corrected chi connectivity index (χ2v) is 6.42. The van der Waals surface area contributed by atoms with Crippen LogP contribution in [0.5, 0.6) is 0 Å². The molecule has 0 radical (unpaired) electrons. The second kappa shape index (κ2) is 6.30. The van der Waals surface area contributed by atoms with E-state index in [1.165, 1.54) is 0 Å². The minimum atomic E-state index is -0.716. The Hall–Kier alpha value is -2.17. The molecule has 1 saturated heterocycles. The summed E-state index contributed by atoms with van der Waals surface area (Å²) in [6, 6.07) is 8.52. The highest BCUT2D eigenvalue weighted by atomic mass is 16.6. The Kier molecular flexibility index (Phi) is 4.64. The van der Waals surface area contributed by atoms with Crippen LogP contribution in [-0.2, 0) is 19.1 Å². The summed E-state index contributed by atoms with van der Waals surface area (Å²) in [7, 11) is 0. The van der Waals surface area contributed by atoms with Crippen LogP contribution in [0.1, 0.15) is 44.0 Å². The Morgan fingerprint density at radius 1 is 1.23 bits per heavy atom. The highest BCUT2D eigenvalue weighted by molar-refractivity contribution is 5.90. The highest BCUT2D eigenvalue weighted by Crippen LogP contribution is 2.26. The average molecular weight is 304 g/mol. The molecule has 2 atom stereocenters. The maximum atomic E-state index is 12.1. The van der Waals surface area contributed by atoms with E-state index in [9.17, 15) is 14.4 Å². The summed E-state index contributed by atoms with van der Waals surface area (Å²) in [5.74, 6) is -0.998. The van der Waals surface area contributed by atoms with Crippen molar-refractivity contribution in [2.75, 3.05) is 0 Å². The van der Waals surface area contributed by atoms with E-state index in [4.69, 9.17) is 9.47 Å². The van der Waals surface area contributed by atoms with Gasteiger partial charge in [0, 0.05) is 11.8 Å². The van der Waals surface area contributed by atoms with E-state index in [0.29, 0.717) is 5.56 Å². The van der Waals surface area contributed by atoms with Gasteiger partial charge >= 0.3 is 11.9 Å². The van der Waals surface area contributed by atoms with Crippen LogP contribution in [0.2, 0.25) is 0 Å². The number of hydrogen-bond donors (Lipinski definition) is 0. The highest BCUT2D eigenvalue weighted by Gasteiger charge is 2.40. The molecule has 0 amide bonds. The summed E-state index contributed by atoms with van der Waals surface area (Å²) in [6.07, 6.45) is -1.37. The maximum Gasteiger partial charge on any atom is 0.338 e. The van der Waals surface area contributed by atoms with Crippen molar-refractivity contribution in [3.05, 3.63) is 35.9 Å². The first-order chi connectivity index (χ1) is 10.3. The molecule has 1 aromatic carbocycles. The van der Waals surface area contributed by atoms with Crippen LogP contribution in [-0.4, -0.2) is 29.9 Å². The van der Waals surface area contributed by atoms with E-state index in [1.54, 1.807) is 51.1 Å². The van der Waals surface area contributed by atoms with Crippen molar-refractivity contribution in [1.29, 1.82) is 0 Å². The van der Waals surface area contributed by atoms with E-state index in [1.807, 2.05) is 0 Å². The minimum absolute atomic E-state index is 0.0132. The van der Waals surface area contributed by atoms with Gasteiger partial charge in [0.15, 0.2) is 0 Å². The van der Waals surface area contributed by atoms with E-state index in [0.717, 1.165) is 0 Å². The molecule has 1 aliphatic heterocycles. The number of esters is 2. The lowest BCUT2D eigenvalue weighted by atomic mass is 9.87. The van der Waals surface area contributed by atoms with Gasteiger partial charge in [0.2, 0.25) is 0 Å². The van der Waals surface area contributed by atoms with Gasteiger partial charge in [0.05, 0.1) is 12.0 Å². The number of rotatable bonds is 4. The maximum absolute atomic E-state index is 12.1. The van der Waals surface area contributed by atoms with Gasteiger partial charge in [-0.25, -0.2) is 4.79 Å². The van der Waals surface area contributed by atoms with Crippen molar-refractivity contribution >= 4 is 17.7 Å². The zero-order valence-electron chi connectivity index (χ0n) is 13.0. The minimum Gasteiger partial charge on any atom is -0.458 e. The lowest BCUT2D eigenvalue weighted by Crippen LogP contribution is -2.33. The van der Waals surface area contributed by atoms with Crippen molar-refractivity contribution < 1.29 is 23.9 Å². The molecule has 1 aliphatic rings. The Balaban J connectivity index is 2.04. The molecule has 1 aromatic rings. The normalized spacial score (nSPS) is 21.3. The number of Topliss-reactive ketones (excluding diaryl/α,β-unsaturated/α-hetero) is 1. The van der Waals surface area contributed by atoms with Crippen molar-refractivity contribution in [2.24, 2.45) is 5.41 Å². The molecule has 1 heterocycles. The standard InChI is InChI=1S/C17H20O5/c1-17(2,3)14(18)9-12-13(10-15(19)21-12)22-16(20)11-7-5-4-6-8-11/h4-8,12-13H,9-10H2,1-3H3/t12-,13-/m0/s1. The Morgan fingerprint density at radius 3 is 2.45 bits per heavy atom. The first-order valence-corrected chi connectivity index (χ1v) is 7.26. The molecule has 1 fully saturated rings. The number of benzene rings is 1. The first-order valence-electron chi connectivity index (χ1n) is 7.26. The molecule has 0 N–H and O–H groups in total. The van der Waals surface area contributed by atoms with Gasteiger partial charge < -0.3 is 9.47 Å². The van der Waals surface area contributed by atoms with Crippen LogP contribution in [0.3, 0.4) is 0 Å². The first kappa shape index (κ1) is 16.2. The summed E-state index contributed by atoms with van der Waals surface area (Å²) in [5, 5.41) is 0. The van der Waals surface area contributed by atoms with Crippen LogP contribution in [0.25, 0.3) is 0 Å². The molecule has 22 heavy (non-hydrogen) atoms. The van der Waals surface area contributed by atoms with Gasteiger partial charge in [0.1, 0.15) is 18.0 Å². The van der Waals surface area contributed by atoms with E-state index >= 15 is 0 Å². The van der Waals surface area contributed by atoms with E-state index in [2.05, 4.69) is 0 Å². The van der Waals surface area contributed by atoms with E-state index in [-0.39, 0.29) is 18.6 Å². The van der Waals surface area contributed by atoms with Gasteiger partial charge in [-0.2, -0.15) is 0 Å². The van der Waals surface area contributed by atoms with Gasteiger partial charge in [-0.1, -0.05) is 39.0 Å². The molecule has 5 heteroatoms. The lowest BCUT2D eigenvalue weighted by Gasteiger charge is -2.22. The molecule has 0 spiro atoms. The number of carbonyl (C=O) groups excluding carboxylic acids is 3. The van der Waals surface area contributed by atoms with Crippen LogP contribution in [0, 0.1) is 5.41 Å². The van der Waals surface area contributed by atoms with Crippen LogP contribution in [0.15, 0.2) is 30.3 Å². The molecule has 0 unspecified atom stereocenters. The summed E-state index contributed by atoms with van der Waals surface area (Å²) in [5.41, 5.74) is -0.119. The largest absolute Gasteiger partial charge is 0.458 e. The molecular weight excluding hydrogens is 284 g/mol. The topological polar surface area (TPSA) is 69.7 Å². The number of ether oxygens (including phenoxy) is 2. The molecule has 0 aromatic heterocycles. The second-order valence-electron chi connectivity index (χ2n) is 6.42. The monoisotopic (exact) mass is 304 g/mol. The molecule has 0 bridgehead atoms. The van der Waals surface area contributed by atoms with Gasteiger partial charge in [-0.15, -0.1) is 0 Å². The fraction of sp³-hybridized carbons (Fsp3) is 0.471. The van der Waals surface area contributed by atoms with Crippen LogP contribution >= 0.6 is 0 Å². The number of hydrogen-bond acceptors (Lipinski definition) is 5. The Morgan fingerprint density at radius 2 is 1.86 bits per heavy atom. The summed E-state index contributed by atoms with van der Waals surface area (Å²) in [4.78, 5) is 35.6. The van der Waals surface area contributed by atoms with Crippen molar-refractivity contribution in [1.82, 2.24) is 0 Å². The lowest BCUT2D eigenvalue weighted by molar-refractivity contribution is -0.143. The van der Waals surface area contributed by atoms with Gasteiger partial charge in [-0.3, -0.25) is 9.59 Å². The molecule has 0 saturated carbocycles. The average Bonchev–Trinajstić information content (AvgIpc) is 2.78. The molecule has 5 nitrogen and oxygen atoms in total. The SMILES string of the molecule is CC(C)(C)C(=O)C[C@@H]1OC(=O)C[C@@H]1OC(=O)c1ccccc1. The quantitative estimate of drug-likeness (QED) is 0.799. The third-order valence-electron chi connectivity index (χ3n) is 3.56. The summed E-state index contributed by atoms with van der Waals surface area (Å²) >= 11 is 0. The van der Waals surface area contributed by atoms with Crippen LogP contribution in [0.4, 0.5) is 0 Å². The number of ketones is 1. The third-order valence-corrected chi connectivity index (χ3v) is 3.56.